The first kappa shape index (κ1) is 15.4. The van der Waals surface area contributed by atoms with E-state index in [0.29, 0.717) is 17.8 Å². The number of hydrogen-bond acceptors (Lipinski definition) is 3. The van der Waals surface area contributed by atoms with E-state index in [4.69, 9.17) is 0 Å². The van der Waals surface area contributed by atoms with Crippen molar-refractivity contribution in [2.45, 2.75) is 32.4 Å². The summed E-state index contributed by atoms with van der Waals surface area (Å²) in [4.78, 5) is 25.9. The van der Waals surface area contributed by atoms with Gasteiger partial charge in [-0.05, 0) is 25.5 Å². The number of benzene rings is 2. The quantitative estimate of drug-likeness (QED) is 0.944. The van der Waals surface area contributed by atoms with Crippen molar-refractivity contribution in [2.24, 2.45) is 0 Å². The van der Waals surface area contributed by atoms with Crippen LogP contribution < -0.4 is 4.90 Å². The molecule has 2 aromatic carbocycles. The Labute approximate surface area is 135 Å². The van der Waals surface area contributed by atoms with Crippen LogP contribution in [0.2, 0.25) is 0 Å². The molecule has 4 heteroatoms. The number of fused-ring (bicyclic) bond motifs is 1. The average Bonchev–Trinajstić information content (AvgIpc) is 2.71. The van der Waals surface area contributed by atoms with Gasteiger partial charge in [-0.1, -0.05) is 48.0 Å². The fraction of sp³-hybridized carbons (Fsp3) is 0.263. The van der Waals surface area contributed by atoms with Crippen molar-refractivity contribution in [3.8, 4) is 0 Å². The van der Waals surface area contributed by atoms with Gasteiger partial charge in [-0.3, -0.25) is 9.59 Å². The lowest BCUT2D eigenvalue weighted by Gasteiger charge is -2.22. The van der Waals surface area contributed by atoms with E-state index in [0.717, 1.165) is 11.1 Å². The van der Waals surface area contributed by atoms with Crippen molar-refractivity contribution in [1.29, 1.82) is 0 Å². The van der Waals surface area contributed by atoms with Crippen LogP contribution in [0.3, 0.4) is 0 Å². The number of aryl methyl sites for hydroxylation is 1. The first-order valence-electron chi connectivity index (χ1n) is 7.60. The van der Waals surface area contributed by atoms with E-state index >= 15 is 0 Å². The van der Waals surface area contributed by atoms with E-state index in [9.17, 15) is 14.7 Å². The highest BCUT2D eigenvalue weighted by atomic mass is 16.3. The van der Waals surface area contributed by atoms with Crippen LogP contribution in [0.25, 0.3) is 0 Å². The molecular formula is C19H19NO3. The minimum absolute atomic E-state index is 0.201. The molecule has 0 aromatic heterocycles. The highest BCUT2D eigenvalue weighted by Crippen LogP contribution is 2.43. The standard InChI is InChI=1S/C19H19NO3/c1-13-7-9-15(10-8-13)12-20-17-6-4-3-5-16(17)19(23,18(20)22)11-14(2)21/h3-10,23H,11-12H2,1-2H3. The normalized spacial score (nSPS) is 19.8. The second-order valence-corrected chi connectivity index (χ2v) is 6.13. The zero-order chi connectivity index (χ0) is 16.6. The molecule has 4 nitrogen and oxygen atoms in total. The van der Waals surface area contributed by atoms with Crippen LogP contribution in [-0.4, -0.2) is 16.8 Å². The van der Waals surface area contributed by atoms with E-state index < -0.39 is 11.5 Å². The number of carbonyl (C=O) groups excluding carboxylic acids is 2. The number of Topliss-reactive ketones (excluding diaryl/α,β-unsaturated/α-hetero) is 1. The van der Waals surface area contributed by atoms with Crippen LogP contribution in [0.4, 0.5) is 5.69 Å². The summed E-state index contributed by atoms with van der Waals surface area (Å²) < 4.78 is 0. The summed E-state index contributed by atoms with van der Waals surface area (Å²) in [6.07, 6.45) is -0.201. The fourth-order valence-corrected chi connectivity index (χ4v) is 3.07. The van der Waals surface area contributed by atoms with Gasteiger partial charge in [-0.25, -0.2) is 0 Å². The zero-order valence-electron chi connectivity index (χ0n) is 13.2. The van der Waals surface area contributed by atoms with E-state index in [2.05, 4.69) is 0 Å². The number of anilines is 1. The molecule has 0 spiro atoms. The van der Waals surface area contributed by atoms with Gasteiger partial charge in [0, 0.05) is 12.0 Å². The molecule has 1 aliphatic rings. The summed E-state index contributed by atoms with van der Waals surface area (Å²) in [6.45, 7) is 3.76. The summed E-state index contributed by atoms with van der Waals surface area (Å²) in [5.41, 5.74) is 1.54. The number of ketones is 1. The topological polar surface area (TPSA) is 57.6 Å². The summed E-state index contributed by atoms with van der Waals surface area (Å²) in [5, 5.41) is 10.9. The van der Waals surface area contributed by atoms with Crippen LogP contribution >= 0.6 is 0 Å². The number of amides is 1. The van der Waals surface area contributed by atoms with Crippen LogP contribution in [0, 0.1) is 6.92 Å². The molecule has 0 bridgehead atoms. The van der Waals surface area contributed by atoms with Gasteiger partial charge in [-0.15, -0.1) is 0 Å². The van der Waals surface area contributed by atoms with Gasteiger partial charge >= 0.3 is 0 Å². The molecule has 2 aromatic rings. The van der Waals surface area contributed by atoms with E-state index in [1.165, 1.54) is 6.92 Å². The molecule has 1 N–H and O–H groups in total. The van der Waals surface area contributed by atoms with Crippen molar-refractivity contribution in [1.82, 2.24) is 0 Å². The van der Waals surface area contributed by atoms with Crippen LogP contribution in [-0.2, 0) is 21.7 Å². The van der Waals surface area contributed by atoms with E-state index in [-0.39, 0.29) is 12.2 Å². The van der Waals surface area contributed by atoms with Crippen molar-refractivity contribution >= 4 is 17.4 Å². The third kappa shape index (κ3) is 2.66. The number of aliphatic hydroxyl groups is 1. The number of rotatable bonds is 4. The average molecular weight is 309 g/mol. The maximum absolute atomic E-state index is 12.8. The smallest absolute Gasteiger partial charge is 0.264 e. The van der Waals surface area contributed by atoms with Crippen LogP contribution in [0.15, 0.2) is 48.5 Å². The molecule has 1 atom stereocenters. The van der Waals surface area contributed by atoms with Gasteiger partial charge in [0.2, 0.25) is 0 Å². The maximum Gasteiger partial charge on any atom is 0.264 e. The van der Waals surface area contributed by atoms with Gasteiger partial charge in [0.15, 0.2) is 5.60 Å². The molecule has 0 radical (unpaired) electrons. The summed E-state index contributed by atoms with van der Waals surface area (Å²) in [5.74, 6) is -0.651. The Morgan fingerprint density at radius 3 is 2.43 bits per heavy atom. The number of carbonyl (C=O) groups is 2. The molecular weight excluding hydrogens is 290 g/mol. The van der Waals surface area contributed by atoms with Crippen LogP contribution in [0.5, 0.6) is 0 Å². The molecule has 0 saturated carbocycles. The van der Waals surface area contributed by atoms with Crippen molar-refractivity contribution < 1.29 is 14.7 Å². The Morgan fingerprint density at radius 1 is 1.13 bits per heavy atom. The van der Waals surface area contributed by atoms with Gasteiger partial charge in [-0.2, -0.15) is 0 Å². The minimum atomic E-state index is -1.76. The molecule has 1 unspecified atom stereocenters. The molecule has 3 rings (SSSR count). The van der Waals surface area contributed by atoms with Gasteiger partial charge < -0.3 is 10.0 Å². The fourth-order valence-electron chi connectivity index (χ4n) is 3.07. The number of para-hydroxylation sites is 1. The highest BCUT2D eigenvalue weighted by Gasteiger charge is 2.50. The largest absolute Gasteiger partial charge is 0.375 e. The molecule has 0 fully saturated rings. The third-order valence-electron chi connectivity index (χ3n) is 4.21. The predicted octanol–water partition coefficient (Wildman–Crippen LogP) is 2.71. The summed E-state index contributed by atoms with van der Waals surface area (Å²) in [6, 6.07) is 15.0. The molecule has 118 valence electrons. The van der Waals surface area contributed by atoms with Gasteiger partial charge in [0.25, 0.3) is 5.91 Å². The first-order chi connectivity index (χ1) is 10.9. The molecule has 23 heavy (non-hydrogen) atoms. The van der Waals surface area contributed by atoms with Gasteiger partial charge in [0.05, 0.1) is 12.2 Å². The minimum Gasteiger partial charge on any atom is -0.375 e. The lowest BCUT2D eigenvalue weighted by molar-refractivity contribution is -0.141. The Bertz CT molecular complexity index is 766. The number of nitrogens with zero attached hydrogens (tertiary/aromatic N) is 1. The Hall–Kier alpha value is -2.46. The van der Waals surface area contributed by atoms with E-state index in [1.807, 2.05) is 37.3 Å². The lowest BCUT2D eigenvalue weighted by Crippen LogP contribution is -2.41. The zero-order valence-corrected chi connectivity index (χ0v) is 13.2. The molecule has 1 amide bonds. The Balaban J connectivity index is 2.00. The lowest BCUT2D eigenvalue weighted by atomic mass is 9.90. The maximum atomic E-state index is 12.8. The van der Waals surface area contributed by atoms with Crippen molar-refractivity contribution in [3.05, 3.63) is 65.2 Å². The molecule has 1 heterocycles. The Morgan fingerprint density at radius 2 is 1.78 bits per heavy atom. The first-order valence-corrected chi connectivity index (χ1v) is 7.60. The molecule has 0 aliphatic carbocycles. The summed E-state index contributed by atoms with van der Waals surface area (Å²) >= 11 is 0. The second-order valence-electron chi connectivity index (χ2n) is 6.13. The molecule has 0 saturated heterocycles. The second kappa shape index (κ2) is 5.63. The monoisotopic (exact) mass is 309 g/mol. The van der Waals surface area contributed by atoms with Crippen molar-refractivity contribution in [3.63, 3.8) is 0 Å². The number of hydrogen-bond donors (Lipinski definition) is 1. The Kier molecular flexibility index (Phi) is 3.78. The summed E-state index contributed by atoms with van der Waals surface area (Å²) in [7, 11) is 0. The van der Waals surface area contributed by atoms with E-state index in [1.54, 1.807) is 23.1 Å². The van der Waals surface area contributed by atoms with Crippen molar-refractivity contribution in [2.75, 3.05) is 4.90 Å². The third-order valence-corrected chi connectivity index (χ3v) is 4.21. The van der Waals surface area contributed by atoms with Gasteiger partial charge in [0.1, 0.15) is 5.78 Å². The SMILES string of the molecule is CC(=O)CC1(O)C(=O)N(Cc2ccc(C)cc2)c2ccccc21. The highest BCUT2D eigenvalue weighted by molar-refractivity contribution is 6.08. The van der Waals surface area contributed by atoms with Crippen LogP contribution in [0.1, 0.15) is 30.0 Å². The predicted molar refractivity (Wildman–Crippen MR) is 88.0 cm³/mol. The molecule has 1 aliphatic heterocycles.